The van der Waals surface area contributed by atoms with Crippen molar-refractivity contribution < 1.29 is 0 Å². The molecule has 1 aromatic heterocycles. The van der Waals surface area contributed by atoms with Gasteiger partial charge in [-0.25, -0.2) is 0 Å². The second-order valence-corrected chi connectivity index (χ2v) is 4.89. The Labute approximate surface area is 35.0 Å². The van der Waals surface area contributed by atoms with Crippen LogP contribution >= 0.6 is 23.4 Å². The summed E-state index contributed by atoms with van der Waals surface area (Å²) < 4.78 is 2.92. The van der Waals surface area contributed by atoms with Crippen molar-refractivity contribution in [2.24, 2.45) is 0 Å². The molecule has 1 radical (unpaired) electrons. The molecule has 0 saturated carbocycles. The van der Waals surface area contributed by atoms with E-state index in [9.17, 15) is 0 Å². The van der Waals surface area contributed by atoms with Gasteiger partial charge in [0.05, 0.1) is 0 Å². The van der Waals surface area contributed by atoms with Gasteiger partial charge in [-0.2, -0.15) is 0 Å². The highest BCUT2D eigenvalue weighted by Gasteiger charge is 1.61. The number of nitrogens with one attached hydrogen (secondary N) is 1. The highest BCUT2D eigenvalue weighted by Crippen LogP contribution is 2.25. The van der Waals surface area contributed by atoms with Gasteiger partial charge in [0.15, 0.2) is 0 Å². The van der Waals surface area contributed by atoms with Crippen LogP contribution < -0.4 is 0 Å². The van der Waals surface area contributed by atoms with Gasteiger partial charge >= 0.3 is 0 Å². The lowest BCUT2D eigenvalue weighted by atomic mass is 11.7. The molecule has 25 valence electrons. The second kappa shape index (κ2) is 1.88. The summed E-state index contributed by atoms with van der Waals surface area (Å²) in [5.41, 5.74) is 0. The van der Waals surface area contributed by atoms with E-state index in [1.54, 1.807) is 0 Å². The minimum absolute atomic E-state index is 1.29. The molecule has 0 aliphatic heterocycles. The van der Waals surface area contributed by atoms with Crippen LogP contribution in [0.4, 0.5) is 0 Å². The normalized spacial score (nSPS) is 12.8. The topological polar surface area (TPSA) is 15.8 Å². The van der Waals surface area contributed by atoms with Crippen LogP contribution in [0.3, 0.4) is 0 Å². The molecule has 0 bridgehead atoms. The third-order valence-electron chi connectivity index (χ3n) is 0.239. The standard InChI is InChI=1S/CHNP3/c1-2-4-5-3-1/h2H. The number of hydrogen-bond donors (Lipinski definition) is 1. The summed E-state index contributed by atoms with van der Waals surface area (Å²) >= 11 is 0. The second-order valence-electron chi connectivity index (χ2n) is 0.513. The first-order chi connectivity index (χ1) is 2.50. The average Bonchev–Trinajstić information content (AvgIpc) is 1.76. The highest BCUT2D eigenvalue weighted by molar-refractivity contribution is 8.15. The summed E-state index contributed by atoms with van der Waals surface area (Å²) in [6, 6.07) is 0. The Bertz CT molecular complexity index is 63.4. The van der Waals surface area contributed by atoms with E-state index in [0.29, 0.717) is 0 Å². The lowest BCUT2D eigenvalue weighted by molar-refractivity contribution is 1.63. The molecule has 1 aromatic rings. The monoisotopic (exact) mass is 120 g/mol. The molecule has 0 aliphatic carbocycles. The van der Waals surface area contributed by atoms with E-state index in [4.69, 9.17) is 0 Å². The van der Waals surface area contributed by atoms with Gasteiger partial charge in [0.1, 0.15) is 5.93 Å². The summed E-state index contributed by atoms with van der Waals surface area (Å²) in [6.07, 6.45) is 0. The predicted octanol–water partition coefficient (Wildman–Crippen LogP) is 2.56. The van der Waals surface area contributed by atoms with Gasteiger partial charge < -0.3 is 4.75 Å². The number of aromatic nitrogens is 1. The van der Waals surface area contributed by atoms with E-state index in [1.165, 1.54) is 23.4 Å². The van der Waals surface area contributed by atoms with Crippen molar-refractivity contribution in [3.63, 3.8) is 0 Å². The van der Waals surface area contributed by atoms with Crippen LogP contribution in [0.25, 0.3) is 0 Å². The van der Waals surface area contributed by atoms with Gasteiger partial charge in [0, 0.05) is 15.6 Å². The van der Waals surface area contributed by atoms with E-state index >= 15 is 0 Å². The van der Waals surface area contributed by atoms with E-state index in [-0.39, 0.29) is 0 Å². The Kier molecular flexibility index (Phi) is 1.41. The molecule has 0 unspecified atom stereocenters. The Morgan fingerprint density at radius 2 is 2.60 bits per heavy atom. The maximum absolute atomic E-state index is 2.92. The molecule has 5 heavy (non-hydrogen) atoms. The Morgan fingerprint density at radius 1 is 1.60 bits per heavy atom. The van der Waals surface area contributed by atoms with Crippen molar-refractivity contribution in [2.75, 3.05) is 0 Å². The highest BCUT2D eigenvalue weighted by atomic mass is 32.1. The number of hydrogen-bond acceptors (Lipinski definition) is 0. The van der Waals surface area contributed by atoms with E-state index in [1.807, 2.05) is 0 Å². The molecule has 0 saturated heterocycles. The van der Waals surface area contributed by atoms with Crippen molar-refractivity contribution in [3.05, 3.63) is 5.93 Å². The molecule has 0 fully saturated rings. The molecular formula is CHNP3. The van der Waals surface area contributed by atoms with Gasteiger partial charge in [-0.15, -0.1) is 0 Å². The molecule has 1 N–H and O–H groups in total. The van der Waals surface area contributed by atoms with Gasteiger partial charge in [-0.1, -0.05) is 0 Å². The maximum Gasteiger partial charge on any atom is 0.104 e. The Balaban J connectivity index is 3.13. The lowest BCUT2D eigenvalue weighted by Gasteiger charge is -1.43. The molecule has 0 spiro atoms. The van der Waals surface area contributed by atoms with Crippen molar-refractivity contribution in [1.82, 2.24) is 4.75 Å². The van der Waals surface area contributed by atoms with Crippen molar-refractivity contribution >= 4 is 23.4 Å². The van der Waals surface area contributed by atoms with Gasteiger partial charge in [0.25, 0.3) is 0 Å². The van der Waals surface area contributed by atoms with Crippen LogP contribution in [0.2, 0.25) is 0 Å². The van der Waals surface area contributed by atoms with Crippen LogP contribution in [0.1, 0.15) is 0 Å². The summed E-state index contributed by atoms with van der Waals surface area (Å²) in [4.78, 5) is 0. The van der Waals surface area contributed by atoms with Crippen LogP contribution in [0.5, 0.6) is 0 Å². The first-order valence-corrected chi connectivity index (χ1v) is 5.19. The number of H-pyrrole nitrogens is 1. The van der Waals surface area contributed by atoms with E-state index in [0.717, 1.165) is 0 Å². The van der Waals surface area contributed by atoms with Crippen molar-refractivity contribution in [1.29, 1.82) is 0 Å². The number of rotatable bonds is 0. The van der Waals surface area contributed by atoms with Crippen LogP contribution in [0, 0.1) is 5.93 Å². The summed E-state index contributed by atoms with van der Waals surface area (Å²) in [6.45, 7) is 0. The molecule has 0 amide bonds. The van der Waals surface area contributed by atoms with Gasteiger partial charge in [0.2, 0.25) is 0 Å². The molecule has 0 aromatic carbocycles. The molecule has 1 heterocycles. The minimum atomic E-state index is 1.29. The minimum Gasteiger partial charge on any atom is -0.328 e. The molecule has 1 nitrogen and oxygen atoms in total. The van der Waals surface area contributed by atoms with E-state index in [2.05, 4.69) is 10.7 Å². The fourth-order valence-corrected chi connectivity index (χ4v) is 3.02. The largest absolute Gasteiger partial charge is 0.328 e. The first kappa shape index (κ1) is 3.75. The third-order valence-corrected chi connectivity index (χ3v) is 3.76. The van der Waals surface area contributed by atoms with Crippen molar-refractivity contribution in [3.8, 4) is 0 Å². The quantitative estimate of drug-likeness (QED) is 0.541. The third kappa shape index (κ3) is 0.973. The zero-order chi connectivity index (χ0) is 3.54. The fourth-order valence-electron chi connectivity index (χ4n) is 0.112. The SMILES string of the molecule is [c]1[nH]ppp1. The lowest BCUT2D eigenvalue weighted by Crippen LogP contribution is -1.28. The summed E-state index contributed by atoms with van der Waals surface area (Å²) in [5, 5.41) is 0. The predicted molar refractivity (Wildman–Crippen MR) is 27.2 cm³/mol. The summed E-state index contributed by atoms with van der Waals surface area (Å²) in [7, 11) is 3.99. The maximum atomic E-state index is 2.92. The summed E-state index contributed by atoms with van der Waals surface area (Å²) in [5.74, 6) is 2.92. The fraction of sp³-hybridized carbons (Fsp3) is 0. The Morgan fingerprint density at radius 3 is 2.80 bits per heavy atom. The smallest absolute Gasteiger partial charge is 0.104 e. The van der Waals surface area contributed by atoms with Crippen molar-refractivity contribution in [2.45, 2.75) is 0 Å². The molecular weight excluding hydrogens is 119 g/mol. The molecule has 0 atom stereocenters. The zero-order valence-corrected chi connectivity index (χ0v) is 5.02. The molecule has 0 aliphatic rings. The van der Waals surface area contributed by atoms with Crippen LogP contribution in [-0.4, -0.2) is 4.75 Å². The molecule has 4 heteroatoms. The first-order valence-electron chi connectivity index (χ1n) is 1.10. The zero-order valence-electron chi connectivity index (χ0n) is 2.34. The average molecular weight is 120 g/mol. The van der Waals surface area contributed by atoms with Crippen LogP contribution in [0.15, 0.2) is 0 Å². The van der Waals surface area contributed by atoms with E-state index < -0.39 is 0 Å². The van der Waals surface area contributed by atoms with Gasteiger partial charge in [-0.3, -0.25) is 0 Å². The van der Waals surface area contributed by atoms with Crippen LogP contribution in [-0.2, 0) is 0 Å². The molecule has 1 rings (SSSR count). The van der Waals surface area contributed by atoms with Gasteiger partial charge in [-0.05, 0) is 7.87 Å². The Hall–Kier alpha value is 0.570. The number of aromatic amines is 1.